The van der Waals surface area contributed by atoms with E-state index >= 15 is 0 Å². The number of nitrogens with zero attached hydrogens (tertiary/aromatic N) is 3. The zero-order valence-electron chi connectivity index (χ0n) is 20.3. The molecular formula is C26H37N5O3. The van der Waals surface area contributed by atoms with E-state index in [4.69, 9.17) is 0 Å². The SMILES string of the molecule is CNC(=O)c1ccc2c(c1)[nH]c(=O)n2C1CCN(CC(=O)N2CCC3(CCCCC3)CC2)CC1. The van der Waals surface area contributed by atoms with Crippen molar-refractivity contribution in [3.8, 4) is 0 Å². The fraction of sp³-hybridized carbons (Fsp3) is 0.654. The second-order valence-electron chi connectivity index (χ2n) is 10.6. The molecule has 3 fully saturated rings. The maximum atomic E-state index is 13.0. The van der Waals surface area contributed by atoms with E-state index in [2.05, 4.69) is 20.1 Å². The minimum atomic E-state index is -0.170. The molecule has 34 heavy (non-hydrogen) atoms. The molecule has 3 aliphatic rings. The summed E-state index contributed by atoms with van der Waals surface area (Å²) in [7, 11) is 1.59. The van der Waals surface area contributed by atoms with Gasteiger partial charge in [-0.3, -0.25) is 19.1 Å². The second-order valence-corrected chi connectivity index (χ2v) is 10.6. The van der Waals surface area contributed by atoms with Gasteiger partial charge in [0.2, 0.25) is 5.91 Å². The third-order valence-electron chi connectivity index (χ3n) is 8.58. The molecule has 5 rings (SSSR count). The monoisotopic (exact) mass is 467 g/mol. The third-order valence-corrected chi connectivity index (χ3v) is 8.58. The molecular weight excluding hydrogens is 430 g/mol. The van der Waals surface area contributed by atoms with E-state index in [1.54, 1.807) is 19.2 Å². The predicted molar refractivity (Wildman–Crippen MR) is 132 cm³/mol. The molecule has 8 nitrogen and oxygen atoms in total. The number of benzene rings is 1. The van der Waals surface area contributed by atoms with Gasteiger partial charge in [-0.05, 0) is 62.1 Å². The predicted octanol–water partition coefficient (Wildman–Crippen LogP) is 2.90. The Hall–Kier alpha value is -2.61. The van der Waals surface area contributed by atoms with Crippen molar-refractivity contribution in [2.45, 2.75) is 63.8 Å². The van der Waals surface area contributed by atoms with Gasteiger partial charge in [-0.1, -0.05) is 19.3 Å². The van der Waals surface area contributed by atoms with Gasteiger partial charge in [0.25, 0.3) is 5.91 Å². The number of fused-ring (bicyclic) bond motifs is 1. The number of aromatic nitrogens is 2. The van der Waals surface area contributed by atoms with Crippen LogP contribution in [0.2, 0.25) is 0 Å². The Morgan fingerprint density at radius 3 is 2.41 bits per heavy atom. The summed E-state index contributed by atoms with van der Waals surface area (Å²) in [5, 5.41) is 2.62. The van der Waals surface area contributed by atoms with Crippen LogP contribution in [-0.4, -0.2) is 70.9 Å². The van der Waals surface area contributed by atoms with Gasteiger partial charge in [0.05, 0.1) is 17.6 Å². The number of hydrogen-bond donors (Lipinski definition) is 2. The number of amides is 2. The molecule has 2 aliphatic heterocycles. The summed E-state index contributed by atoms with van der Waals surface area (Å²) in [5.41, 5.74) is 2.43. The molecule has 2 N–H and O–H groups in total. The molecule has 184 valence electrons. The number of hydrogen-bond acceptors (Lipinski definition) is 4. The largest absolute Gasteiger partial charge is 0.355 e. The Bertz CT molecular complexity index is 1100. The minimum Gasteiger partial charge on any atom is -0.355 e. The number of carbonyl (C=O) groups is 2. The molecule has 1 aromatic heterocycles. The number of likely N-dealkylation sites (tertiary alicyclic amines) is 2. The Labute approximate surface area is 200 Å². The van der Waals surface area contributed by atoms with Crippen molar-refractivity contribution >= 4 is 22.8 Å². The molecule has 2 saturated heterocycles. The van der Waals surface area contributed by atoms with Crippen LogP contribution in [0.1, 0.15) is 74.2 Å². The summed E-state index contributed by atoms with van der Waals surface area (Å²) in [4.78, 5) is 44.9. The molecule has 1 spiro atoms. The Morgan fingerprint density at radius 1 is 1.03 bits per heavy atom. The molecule has 0 bridgehead atoms. The van der Waals surface area contributed by atoms with Crippen molar-refractivity contribution < 1.29 is 9.59 Å². The van der Waals surface area contributed by atoms with E-state index in [0.717, 1.165) is 44.5 Å². The van der Waals surface area contributed by atoms with Crippen LogP contribution in [0.25, 0.3) is 11.0 Å². The molecule has 1 aliphatic carbocycles. The first-order valence-electron chi connectivity index (χ1n) is 12.9. The molecule has 2 aromatic rings. The van der Waals surface area contributed by atoms with Crippen LogP contribution in [0.15, 0.2) is 23.0 Å². The Kier molecular flexibility index (Phi) is 6.51. The lowest BCUT2D eigenvalue weighted by Gasteiger charge is -2.44. The molecule has 0 unspecified atom stereocenters. The summed E-state index contributed by atoms with van der Waals surface area (Å²) in [6.45, 7) is 3.93. The van der Waals surface area contributed by atoms with Crippen molar-refractivity contribution in [1.82, 2.24) is 24.7 Å². The van der Waals surface area contributed by atoms with Gasteiger partial charge in [0.1, 0.15) is 0 Å². The summed E-state index contributed by atoms with van der Waals surface area (Å²) in [6.07, 6.45) is 10.8. The standard InChI is InChI=1S/C26H37N5O3/c1-27-24(33)19-5-6-22-21(17-19)28-25(34)31(22)20-7-13-29(14-8-20)18-23(32)30-15-11-26(12-16-30)9-3-2-4-10-26/h5-6,17,20H,2-4,7-16,18H2,1H3,(H,27,33)(H,28,34). The first-order valence-corrected chi connectivity index (χ1v) is 12.9. The van der Waals surface area contributed by atoms with Crippen molar-refractivity contribution in [3.63, 3.8) is 0 Å². The molecule has 1 saturated carbocycles. The van der Waals surface area contributed by atoms with Gasteiger partial charge in [-0.15, -0.1) is 0 Å². The summed E-state index contributed by atoms with van der Waals surface area (Å²) < 4.78 is 1.83. The van der Waals surface area contributed by atoms with Gasteiger partial charge in [-0.2, -0.15) is 0 Å². The third kappa shape index (κ3) is 4.52. The highest BCUT2D eigenvalue weighted by Gasteiger charge is 2.37. The average Bonchev–Trinajstić information content (AvgIpc) is 3.19. The molecule has 1 aromatic carbocycles. The van der Waals surface area contributed by atoms with Crippen molar-refractivity contribution in [2.75, 3.05) is 39.8 Å². The van der Waals surface area contributed by atoms with Crippen molar-refractivity contribution in [3.05, 3.63) is 34.2 Å². The summed E-state index contributed by atoms with van der Waals surface area (Å²) in [6, 6.07) is 5.44. The highest BCUT2D eigenvalue weighted by molar-refractivity contribution is 5.97. The molecule has 0 atom stereocenters. The van der Waals surface area contributed by atoms with E-state index in [1.807, 2.05) is 10.6 Å². The maximum Gasteiger partial charge on any atom is 0.326 e. The number of imidazole rings is 1. The van der Waals surface area contributed by atoms with Crippen LogP contribution < -0.4 is 11.0 Å². The summed E-state index contributed by atoms with van der Waals surface area (Å²) in [5.74, 6) is 0.0891. The average molecular weight is 468 g/mol. The van der Waals surface area contributed by atoms with E-state index < -0.39 is 0 Å². The first kappa shape index (κ1) is 23.1. The molecule has 0 radical (unpaired) electrons. The van der Waals surface area contributed by atoms with E-state index in [0.29, 0.717) is 23.0 Å². The fourth-order valence-corrected chi connectivity index (χ4v) is 6.44. The van der Waals surface area contributed by atoms with E-state index in [1.165, 1.54) is 44.9 Å². The van der Waals surface area contributed by atoms with Gasteiger partial charge in [0.15, 0.2) is 0 Å². The molecule has 8 heteroatoms. The number of nitrogens with one attached hydrogen (secondary N) is 2. The zero-order chi connectivity index (χ0) is 23.7. The molecule has 2 amide bonds. The normalized spacial score (nSPS) is 21.7. The zero-order valence-corrected chi connectivity index (χ0v) is 20.3. The summed E-state index contributed by atoms with van der Waals surface area (Å²) >= 11 is 0. The maximum absolute atomic E-state index is 13.0. The van der Waals surface area contributed by atoms with Gasteiger partial charge >= 0.3 is 5.69 Å². The van der Waals surface area contributed by atoms with Crippen molar-refractivity contribution in [1.29, 1.82) is 0 Å². The highest BCUT2D eigenvalue weighted by atomic mass is 16.2. The number of rotatable bonds is 4. The van der Waals surface area contributed by atoms with Crippen LogP contribution in [0.3, 0.4) is 0 Å². The van der Waals surface area contributed by atoms with Gasteiger partial charge in [-0.25, -0.2) is 4.79 Å². The van der Waals surface area contributed by atoms with Crippen LogP contribution in [-0.2, 0) is 4.79 Å². The smallest absolute Gasteiger partial charge is 0.326 e. The number of H-pyrrole nitrogens is 1. The van der Waals surface area contributed by atoms with Gasteiger partial charge < -0.3 is 15.2 Å². The van der Waals surface area contributed by atoms with E-state index in [9.17, 15) is 14.4 Å². The van der Waals surface area contributed by atoms with Gasteiger partial charge in [0, 0.05) is 44.8 Å². The van der Waals surface area contributed by atoms with Crippen LogP contribution in [0, 0.1) is 5.41 Å². The van der Waals surface area contributed by atoms with E-state index in [-0.39, 0.29) is 23.5 Å². The number of carbonyl (C=O) groups excluding carboxylic acids is 2. The quantitative estimate of drug-likeness (QED) is 0.724. The topological polar surface area (TPSA) is 90.4 Å². The van der Waals surface area contributed by atoms with Crippen LogP contribution >= 0.6 is 0 Å². The highest BCUT2D eigenvalue weighted by Crippen LogP contribution is 2.44. The number of piperidine rings is 2. The fourth-order valence-electron chi connectivity index (χ4n) is 6.44. The Morgan fingerprint density at radius 2 is 1.74 bits per heavy atom. The van der Waals surface area contributed by atoms with Crippen LogP contribution in [0.5, 0.6) is 0 Å². The van der Waals surface area contributed by atoms with Crippen molar-refractivity contribution in [2.24, 2.45) is 5.41 Å². The lowest BCUT2D eigenvalue weighted by molar-refractivity contribution is -0.135. The number of aromatic amines is 1. The molecule has 3 heterocycles. The minimum absolute atomic E-state index is 0.0969. The lowest BCUT2D eigenvalue weighted by atomic mass is 9.68. The second kappa shape index (κ2) is 9.56. The Balaban J connectivity index is 1.16. The lowest BCUT2D eigenvalue weighted by Crippen LogP contribution is -2.48. The van der Waals surface area contributed by atoms with Crippen LogP contribution in [0.4, 0.5) is 0 Å². The first-order chi connectivity index (χ1) is 16.5.